The molecule has 0 radical (unpaired) electrons. The van der Waals surface area contributed by atoms with Gasteiger partial charge in [-0.3, -0.25) is 0 Å². The largest absolute Gasteiger partial charge is 0.475 e. The van der Waals surface area contributed by atoms with E-state index in [-0.39, 0.29) is 5.76 Å². The maximum absolute atomic E-state index is 10.6. The van der Waals surface area contributed by atoms with Crippen LogP contribution in [0.1, 0.15) is 10.6 Å². The predicted molar refractivity (Wildman–Crippen MR) is 54.1 cm³/mol. The molecule has 8 heteroatoms. The van der Waals surface area contributed by atoms with E-state index < -0.39 is 5.97 Å². The molecule has 17 heavy (non-hydrogen) atoms. The summed E-state index contributed by atoms with van der Waals surface area (Å²) in [6.07, 6.45) is 1.52. The summed E-state index contributed by atoms with van der Waals surface area (Å²) in [6.45, 7) is 0. The van der Waals surface area contributed by atoms with Crippen LogP contribution in [0, 0.1) is 0 Å². The van der Waals surface area contributed by atoms with Gasteiger partial charge in [-0.05, 0) is 6.07 Å². The van der Waals surface area contributed by atoms with Gasteiger partial charge in [0.1, 0.15) is 11.2 Å². The molecule has 3 aromatic rings. The van der Waals surface area contributed by atoms with E-state index in [1.165, 1.54) is 12.3 Å². The van der Waals surface area contributed by atoms with Gasteiger partial charge in [0.25, 0.3) is 0 Å². The maximum atomic E-state index is 10.6. The molecule has 0 aliphatic carbocycles. The molecule has 2 N–H and O–H groups in total. The fourth-order valence-corrected chi connectivity index (χ4v) is 1.39. The van der Waals surface area contributed by atoms with Gasteiger partial charge in [0, 0.05) is 17.8 Å². The van der Waals surface area contributed by atoms with E-state index in [9.17, 15) is 4.79 Å². The molecule has 84 valence electrons. The maximum Gasteiger partial charge on any atom is 0.374 e. The van der Waals surface area contributed by atoms with Gasteiger partial charge in [-0.1, -0.05) is 5.16 Å². The van der Waals surface area contributed by atoms with Gasteiger partial charge in [0.15, 0.2) is 0 Å². The lowest BCUT2D eigenvalue weighted by molar-refractivity contribution is 0.0652. The second-order valence-electron chi connectivity index (χ2n) is 3.27. The first-order chi connectivity index (χ1) is 8.24. The van der Waals surface area contributed by atoms with Crippen molar-refractivity contribution in [1.82, 2.24) is 25.6 Å². The van der Waals surface area contributed by atoms with E-state index >= 15 is 0 Å². The topological polar surface area (TPSA) is 118 Å². The summed E-state index contributed by atoms with van der Waals surface area (Å²) in [5, 5.41) is 22.5. The Morgan fingerprint density at radius 2 is 2.24 bits per heavy atom. The molecule has 3 heterocycles. The lowest BCUT2D eigenvalue weighted by Gasteiger charge is -1.92. The number of aromatic amines is 1. The number of rotatable bonds is 2. The Kier molecular flexibility index (Phi) is 1.87. The fourth-order valence-electron chi connectivity index (χ4n) is 1.39. The summed E-state index contributed by atoms with van der Waals surface area (Å²) in [5.74, 6) is -1.39. The molecule has 0 amide bonds. The van der Waals surface area contributed by atoms with E-state index in [1.807, 2.05) is 0 Å². The highest BCUT2D eigenvalue weighted by atomic mass is 16.5. The quantitative estimate of drug-likeness (QED) is 0.666. The fraction of sp³-hybridized carbons (Fsp3) is 0. The average molecular weight is 231 g/mol. The van der Waals surface area contributed by atoms with Crippen LogP contribution in [0.3, 0.4) is 0 Å². The molecule has 8 nitrogen and oxygen atoms in total. The lowest BCUT2D eigenvalue weighted by Crippen LogP contribution is -1.91. The SMILES string of the molecule is O=C(O)c1cc(-c2cnc3n[nH]nc3c2)no1. The number of carboxylic acid groups (broad SMARTS) is 1. The number of nitrogens with zero attached hydrogens (tertiary/aromatic N) is 4. The van der Waals surface area contributed by atoms with Gasteiger partial charge in [-0.25, -0.2) is 9.78 Å². The number of pyridine rings is 1. The average Bonchev–Trinajstić information content (AvgIpc) is 2.97. The second kappa shape index (κ2) is 3.37. The molecule has 3 aromatic heterocycles. The summed E-state index contributed by atoms with van der Waals surface area (Å²) in [4.78, 5) is 14.7. The first-order valence-electron chi connectivity index (χ1n) is 4.61. The summed E-state index contributed by atoms with van der Waals surface area (Å²) >= 11 is 0. The van der Waals surface area contributed by atoms with Gasteiger partial charge in [0.2, 0.25) is 11.4 Å². The minimum atomic E-state index is -1.17. The zero-order valence-corrected chi connectivity index (χ0v) is 8.28. The number of aromatic carboxylic acids is 1. The molecule has 0 aliphatic rings. The van der Waals surface area contributed by atoms with Crippen LogP contribution < -0.4 is 0 Å². The van der Waals surface area contributed by atoms with E-state index in [0.29, 0.717) is 22.4 Å². The van der Waals surface area contributed by atoms with Crippen LogP contribution in [0.2, 0.25) is 0 Å². The molecule has 0 aliphatic heterocycles. The summed E-state index contributed by atoms with van der Waals surface area (Å²) < 4.78 is 4.65. The number of hydrogen-bond acceptors (Lipinski definition) is 6. The summed E-state index contributed by atoms with van der Waals surface area (Å²) in [6, 6.07) is 3.01. The zero-order valence-electron chi connectivity index (χ0n) is 8.28. The highest BCUT2D eigenvalue weighted by Crippen LogP contribution is 2.20. The molecular formula is C9H5N5O3. The van der Waals surface area contributed by atoms with Crippen molar-refractivity contribution in [3.05, 3.63) is 24.1 Å². The van der Waals surface area contributed by atoms with Crippen LogP contribution in [-0.4, -0.2) is 36.6 Å². The van der Waals surface area contributed by atoms with Crippen LogP contribution in [-0.2, 0) is 0 Å². The monoisotopic (exact) mass is 231 g/mol. The molecule has 0 aromatic carbocycles. The van der Waals surface area contributed by atoms with Gasteiger partial charge < -0.3 is 9.63 Å². The second-order valence-corrected chi connectivity index (χ2v) is 3.27. The summed E-state index contributed by atoms with van der Waals surface area (Å²) in [5.41, 5.74) is 2.06. The summed E-state index contributed by atoms with van der Waals surface area (Å²) in [7, 11) is 0. The molecule has 0 saturated carbocycles. The van der Waals surface area contributed by atoms with Gasteiger partial charge in [0.05, 0.1) is 0 Å². The van der Waals surface area contributed by atoms with Crippen molar-refractivity contribution in [3.63, 3.8) is 0 Å². The van der Waals surface area contributed by atoms with E-state index in [4.69, 9.17) is 5.11 Å². The Bertz CT molecular complexity index is 701. The molecule has 0 fully saturated rings. The Hall–Kier alpha value is -2.77. The van der Waals surface area contributed by atoms with Crippen LogP contribution >= 0.6 is 0 Å². The smallest absolute Gasteiger partial charge is 0.374 e. The van der Waals surface area contributed by atoms with Crippen LogP contribution in [0.25, 0.3) is 22.4 Å². The third kappa shape index (κ3) is 1.51. The van der Waals surface area contributed by atoms with E-state index in [2.05, 4.69) is 30.1 Å². The Balaban J connectivity index is 2.09. The molecule has 0 atom stereocenters. The first kappa shape index (κ1) is 9.46. The number of carboxylic acids is 1. The minimum absolute atomic E-state index is 0.222. The number of aromatic nitrogens is 5. The van der Waals surface area contributed by atoms with Gasteiger partial charge >= 0.3 is 5.97 Å². The van der Waals surface area contributed by atoms with Crippen LogP contribution in [0.15, 0.2) is 22.9 Å². The molecule has 0 bridgehead atoms. The first-order valence-corrected chi connectivity index (χ1v) is 4.61. The van der Waals surface area contributed by atoms with E-state index in [0.717, 1.165) is 0 Å². The zero-order chi connectivity index (χ0) is 11.8. The Labute approximate surface area is 93.3 Å². The van der Waals surface area contributed by atoms with Crippen molar-refractivity contribution in [2.75, 3.05) is 0 Å². The third-order valence-corrected chi connectivity index (χ3v) is 2.19. The molecule has 0 unspecified atom stereocenters. The molecule has 0 saturated heterocycles. The van der Waals surface area contributed by atoms with Gasteiger partial charge in [-0.2, -0.15) is 10.3 Å². The normalized spacial score (nSPS) is 10.8. The van der Waals surface area contributed by atoms with Crippen molar-refractivity contribution >= 4 is 17.1 Å². The molecule has 3 rings (SSSR count). The number of fused-ring (bicyclic) bond motifs is 1. The third-order valence-electron chi connectivity index (χ3n) is 2.19. The highest BCUT2D eigenvalue weighted by Gasteiger charge is 2.13. The van der Waals surface area contributed by atoms with E-state index in [1.54, 1.807) is 6.07 Å². The number of carbonyl (C=O) groups is 1. The molecular weight excluding hydrogens is 226 g/mol. The number of hydrogen-bond donors (Lipinski definition) is 2. The number of H-pyrrole nitrogens is 1. The Morgan fingerprint density at radius 3 is 3.00 bits per heavy atom. The van der Waals surface area contributed by atoms with Crippen molar-refractivity contribution in [2.24, 2.45) is 0 Å². The van der Waals surface area contributed by atoms with Crippen molar-refractivity contribution in [2.45, 2.75) is 0 Å². The molecule has 0 spiro atoms. The van der Waals surface area contributed by atoms with Crippen molar-refractivity contribution < 1.29 is 14.4 Å². The van der Waals surface area contributed by atoms with Crippen molar-refractivity contribution in [3.8, 4) is 11.3 Å². The highest BCUT2D eigenvalue weighted by molar-refractivity contribution is 5.86. The standard InChI is InChI=1S/C9H5N5O3/c15-9(16)7-2-5(13-17-7)4-1-6-8(10-3-4)12-14-11-6/h1-3H,(H,15,16)(H,10,11,12,14). The van der Waals surface area contributed by atoms with Crippen LogP contribution in [0.4, 0.5) is 0 Å². The van der Waals surface area contributed by atoms with Crippen LogP contribution in [0.5, 0.6) is 0 Å². The number of nitrogens with one attached hydrogen (secondary N) is 1. The lowest BCUT2D eigenvalue weighted by atomic mass is 10.2. The Morgan fingerprint density at radius 1 is 1.35 bits per heavy atom. The van der Waals surface area contributed by atoms with Gasteiger partial charge in [-0.15, -0.1) is 5.10 Å². The minimum Gasteiger partial charge on any atom is -0.475 e. The predicted octanol–water partition coefficient (Wildman–Crippen LogP) is 0.706. The van der Waals surface area contributed by atoms with Crippen molar-refractivity contribution in [1.29, 1.82) is 0 Å².